The van der Waals surface area contributed by atoms with Crippen LogP contribution in [-0.4, -0.2) is 46.2 Å². The number of hydrogen-bond donors (Lipinski definition) is 3. The Morgan fingerprint density at radius 3 is 2.83 bits per heavy atom. The number of aromatic hydroxyl groups is 1. The highest BCUT2D eigenvalue weighted by Crippen LogP contribution is 2.20. The lowest BCUT2D eigenvalue weighted by Gasteiger charge is -2.15. The van der Waals surface area contributed by atoms with Crippen molar-refractivity contribution >= 4 is 28.0 Å². The number of carbonyl (C=O) groups excluding carboxylic acids is 1. The van der Waals surface area contributed by atoms with E-state index in [1.807, 2.05) is 0 Å². The summed E-state index contributed by atoms with van der Waals surface area (Å²) < 4.78 is 17.4. The van der Waals surface area contributed by atoms with Crippen LogP contribution in [0.2, 0.25) is 0 Å². The van der Waals surface area contributed by atoms with Crippen molar-refractivity contribution in [1.29, 1.82) is 0 Å². The molecule has 1 aromatic carbocycles. The summed E-state index contributed by atoms with van der Waals surface area (Å²) in [7, 11) is 0. The van der Waals surface area contributed by atoms with Gasteiger partial charge in [-0.2, -0.15) is 0 Å². The van der Waals surface area contributed by atoms with E-state index in [0.717, 1.165) is 5.56 Å². The molecule has 2 aromatic rings. The van der Waals surface area contributed by atoms with Crippen LogP contribution >= 0.6 is 15.9 Å². The molecule has 0 unspecified atom stereocenters. The number of ether oxygens (including phenoxy) is 3. The monoisotopic (exact) mass is 481 g/mol. The summed E-state index contributed by atoms with van der Waals surface area (Å²) in [5.41, 5.74) is 5.72. The average molecular weight is 482 g/mol. The summed E-state index contributed by atoms with van der Waals surface area (Å²) in [6, 6.07) is 5.44. The Labute approximate surface area is 179 Å². The molecule has 1 aromatic heterocycles. The molecule has 0 bridgehead atoms. The molecule has 2 heterocycles. The summed E-state index contributed by atoms with van der Waals surface area (Å²) in [4.78, 5) is 39.6. The fraction of sp³-hybridized carbons (Fsp3) is 0.316. The van der Waals surface area contributed by atoms with E-state index in [0.29, 0.717) is 0 Å². The molecule has 30 heavy (non-hydrogen) atoms. The van der Waals surface area contributed by atoms with Gasteiger partial charge >= 0.3 is 11.7 Å². The average Bonchev–Trinajstić information content (AvgIpc) is 3.18. The van der Waals surface area contributed by atoms with Crippen molar-refractivity contribution in [1.82, 2.24) is 9.55 Å². The van der Waals surface area contributed by atoms with Gasteiger partial charge in [-0.3, -0.25) is 19.1 Å². The molecule has 1 fully saturated rings. The topological polar surface area (TPSA) is 146 Å². The number of hydrogen-bond acceptors (Lipinski definition) is 8. The van der Waals surface area contributed by atoms with E-state index in [9.17, 15) is 19.5 Å². The normalized spacial score (nSPS) is 19.8. The van der Waals surface area contributed by atoms with Crippen molar-refractivity contribution in [2.75, 3.05) is 13.2 Å². The summed E-state index contributed by atoms with van der Waals surface area (Å²) in [6.07, 6.45) is 1.42. The first kappa shape index (κ1) is 22.0. The number of esters is 1. The van der Waals surface area contributed by atoms with Crippen LogP contribution in [0.15, 0.2) is 45.0 Å². The predicted molar refractivity (Wildman–Crippen MR) is 110 cm³/mol. The van der Waals surface area contributed by atoms with Crippen LogP contribution < -0.4 is 17.0 Å². The summed E-state index contributed by atoms with van der Waals surface area (Å²) in [5.74, 6) is -0.512. The van der Waals surface area contributed by atoms with Crippen LogP contribution in [0.4, 0.5) is 0 Å². The molecule has 0 amide bonds. The summed E-state index contributed by atoms with van der Waals surface area (Å²) in [5, 5.41) is 9.29. The van der Waals surface area contributed by atoms with Crippen LogP contribution in [0.5, 0.6) is 5.75 Å². The van der Waals surface area contributed by atoms with Gasteiger partial charge in [-0.1, -0.05) is 28.1 Å². The van der Waals surface area contributed by atoms with Gasteiger partial charge in [0.2, 0.25) is 0 Å². The Morgan fingerprint density at radius 2 is 2.13 bits per heavy atom. The smallest absolute Gasteiger partial charge is 0.330 e. The van der Waals surface area contributed by atoms with E-state index < -0.39 is 35.8 Å². The number of phenolic OH excluding ortho intramolecular Hbond substituents is 1. The number of nitrogens with one attached hydrogen (secondary N) is 1. The lowest BCUT2D eigenvalue weighted by molar-refractivity contribution is -0.160. The molecule has 160 valence electrons. The maximum Gasteiger partial charge on any atom is 0.330 e. The van der Waals surface area contributed by atoms with Gasteiger partial charge in [-0.05, 0) is 35.2 Å². The first-order valence-corrected chi connectivity index (χ1v) is 9.88. The van der Waals surface area contributed by atoms with Gasteiger partial charge < -0.3 is 25.1 Å². The molecule has 11 heteroatoms. The maximum atomic E-state index is 12.1. The molecule has 3 rings (SSSR count). The third-order valence-electron chi connectivity index (χ3n) is 4.34. The number of rotatable bonds is 7. The predicted octanol–water partition coefficient (Wildman–Crippen LogP) is 0.592. The highest BCUT2D eigenvalue weighted by molar-refractivity contribution is 9.11. The van der Waals surface area contributed by atoms with Gasteiger partial charge in [0.05, 0.1) is 12.2 Å². The second-order valence-corrected chi connectivity index (χ2v) is 7.03. The first-order valence-electron chi connectivity index (χ1n) is 8.97. The largest absolute Gasteiger partial charge is 0.508 e. The summed E-state index contributed by atoms with van der Waals surface area (Å²) in [6.45, 7) is -0.171. The van der Waals surface area contributed by atoms with Gasteiger partial charge in [0.15, 0.2) is 12.5 Å². The fourth-order valence-electron chi connectivity index (χ4n) is 2.80. The van der Waals surface area contributed by atoms with Crippen molar-refractivity contribution in [3.8, 4) is 5.75 Å². The number of carbonyl (C=O) groups is 1. The maximum absolute atomic E-state index is 12.1. The van der Waals surface area contributed by atoms with E-state index in [2.05, 4.69) is 20.9 Å². The van der Waals surface area contributed by atoms with Crippen molar-refractivity contribution in [3.63, 3.8) is 0 Å². The second-order valence-electron chi connectivity index (χ2n) is 6.50. The molecule has 0 aliphatic carbocycles. The molecule has 0 spiro atoms. The number of H-pyrrole nitrogens is 1. The lowest BCUT2D eigenvalue weighted by Crippen LogP contribution is -2.36. The van der Waals surface area contributed by atoms with Crippen LogP contribution in [0.1, 0.15) is 17.4 Å². The molecular formula is C19H20BrN3O7. The zero-order valence-electron chi connectivity index (χ0n) is 15.7. The van der Waals surface area contributed by atoms with Crippen molar-refractivity contribution < 1.29 is 24.1 Å². The third kappa shape index (κ3) is 5.45. The minimum absolute atomic E-state index is 0.0329. The molecule has 0 radical (unpaired) electrons. The molecule has 4 N–H and O–H groups in total. The van der Waals surface area contributed by atoms with E-state index in [1.165, 1.54) is 34.0 Å². The highest BCUT2D eigenvalue weighted by Gasteiger charge is 2.30. The number of benzene rings is 1. The van der Waals surface area contributed by atoms with E-state index in [4.69, 9.17) is 19.9 Å². The quantitative estimate of drug-likeness (QED) is 0.487. The fourth-order valence-corrected chi connectivity index (χ4v) is 3.09. The van der Waals surface area contributed by atoms with Gasteiger partial charge in [0.25, 0.3) is 5.56 Å². The molecule has 0 saturated carbocycles. The summed E-state index contributed by atoms with van der Waals surface area (Å²) >= 11 is 3.08. The SMILES string of the molecule is N[C@@H](Cc1ccc(O)cc1)C(=O)OC[C@H]1OC[C@@H](n2cc(/C=C/Br)c(=O)[nH]c2=O)O1. The van der Waals surface area contributed by atoms with Crippen LogP contribution in [0, 0.1) is 0 Å². The molecule has 10 nitrogen and oxygen atoms in total. The molecule has 1 saturated heterocycles. The first-order chi connectivity index (χ1) is 14.4. The Bertz CT molecular complexity index is 1030. The van der Waals surface area contributed by atoms with Gasteiger partial charge in [-0.25, -0.2) is 4.79 Å². The van der Waals surface area contributed by atoms with E-state index in [1.54, 1.807) is 12.1 Å². The van der Waals surface area contributed by atoms with Crippen LogP contribution in [-0.2, 0) is 25.4 Å². The van der Waals surface area contributed by atoms with Crippen LogP contribution in [0.25, 0.3) is 6.08 Å². The number of nitrogens with zero attached hydrogens (tertiary/aromatic N) is 1. The highest BCUT2D eigenvalue weighted by atomic mass is 79.9. The minimum Gasteiger partial charge on any atom is -0.508 e. The molecule has 3 atom stereocenters. The zero-order chi connectivity index (χ0) is 21.7. The Morgan fingerprint density at radius 1 is 1.40 bits per heavy atom. The lowest BCUT2D eigenvalue weighted by atomic mass is 10.1. The number of phenols is 1. The van der Waals surface area contributed by atoms with Crippen molar-refractivity contribution in [2.24, 2.45) is 5.73 Å². The Hall–Kier alpha value is -2.73. The molecule has 1 aliphatic heterocycles. The molecular weight excluding hydrogens is 462 g/mol. The van der Waals surface area contributed by atoms with Gasteiger partial charge in [0.1, 0.15) is 18.4 Å². The zero-order valence-corrected chi connectivity index (χ0v) is 17.3. The van der Waals surface area contributed by atoms with Crippen LogP contribution in [0.3, 0.4) is 0 Å². The Kier molecular flexibility index (Phi) is 7.21. The number of nitrogens with two attached hydrogens (primary N) is 1. The standard InChI is InChI=1S/C19H20BrN3O7/c20-6-5-12-8-23(19(27)22-17(12)25)15-9-28-16(30-15)10-29-18(26)14(21)7-11-1-3-13(24)4-2-11/h1-6,8,14-16,24H,7,9-10,21H2,(H,22,25,27)/b6-5+/t14-,15-,16-/m0/s1. The van der Waals surface area contributed by atoms with Gasteiger partial charge in [-0.15, -0.1) is 0 Å². The van der Waals surface area contributed by atoms with Crippen molar-refractivity contribution in [2.45, 2.75) is 25.0 Å². The minimum atomic E-state index is -0.896. The van der Waals surface area contributed by atoms with Gasteiger partial charge in [0, 0.05) is 6.20 Å². The van der Waals surface area contributed by atoms with E-state index >= 15 is 0 Å². The Balaban J connectivity index is 1.54. The number of halogens is 1. The van der Waals surface area contributed by atoms with E-state index in [-0.39, 0.29) is 30.9 Å². The third-order valence-corrected chi connectivity index (χ3v) is 4.60. The molecule has 1 aliphatic rings. The number of aromatic amines is 1. The van der Waals surface area contributed by atoms with Crippen molar-refractivity contribution in [3.05, 3.63) is 67.4 Å². The second kappa shape index (κ2) is 9.85. The number of aromatic nitrogens is 2.